The summed E-state index contributed by atoms with van der Waals surface area (Å²) < 4.78 is 5.59. The highest BCUT2D eigenvalue weighted by Gasteiger charge is 2.27. The Kier molecular flexibility index (Phi) is 4.25. The summed E-state index contributed by atoms with van der Waals surface area (Å²) in [4.78, 5) is 22.6. The van der Waals surface area contributed by atoms with E-state index in [1.165, 1.54) is 11.1 Å². The summed E-state index contributed by atoms with van der Waals surface area (Å²) in [5.41, 5.74) is 4.47. The SMILES string of the molecule is CC(=O)N1CCC(c2nc(-c3c(C)ncc4c3CCNC4)no2)CC1. The molecule has 0 spiro atoms. The Balaban J connectivity index is 1.59. The zero-order valence-electron chi connectivity index (χ0n) is 14.7. The van der Waals surface area contributed by atoms with Crippen LogP contribution in [0.2, 0.25) is 0 Å². The summed E-state index contributed by atoms with van der Waals surface area (Å²) in [6.07, 6.45) is 4.64. The lowest BCUT2D eigenvalue weighted by atomic mass is 9.95. The first kappa shape index (κ1) is 16.2. The van der Waals surface area contributed by atoms with Crippen LogP contribution in [0.25, 0.3) is 11.4 Å². The highest BCUT2D eigenvalue weighted by atomic mass is 16.5. The van der Waals surface area contributed by atoms with Gasteiger partial charge in [0.15, 0.2) is 0 Å². The number of rotatable bonds is 2. The minimum atomic E-state index is 0.135. The van der Waals surface area contributed by atoms with Crippen molar-refractivity contribution in [3.05, 3.63) is 28.9 Å². The second-order valence-electron chi connectivity index (χ2n) is 6.89. The van der Waals surface area contributed by atoms with Gasteiger partial charge in [-0.2, -0.15) is 4.98 Å². The van der Waals surface area contributed by atoms with Crippen LogP contribution in [0.5, 0.6) is 0 Å². The van der Waals surface area contributed by atoms with E-state index in [1.807, 2.05) is 18.0 Å². The summed E-state index contributed by atoms with van der Waals surface area (Å²) in [5.74, 6) is 1.69. The van der Waals surface area contributed by atoms with Crippen molar-refractivity contribution in [2.45, 2.75) is 45.6 Å². The zero-order valence-corrected chi connectivity index (χ0v) is 14.7. The van der Waals surface area contributed by atoms with Crippen LogP contribution in [-0.2, 0) is 17.8 Å². The third-order valence-corrected chi connectivity index (χ3v) is 5.29. The van der Waals surface area contributed by atoms with Gasteiger partial charge >= 0.3 is 0 Å². The van der Waals surface area contributed by atoms with Gasteiger partial charge in [0.25, 0.3) is 0 Å². The van der Waals surface area contributed by atoms with Gasteiger partial charge in [-0.15, -0.1) is 0 Å². The fraction of sp³-hybridized carbons (Fsp3) is 0.556. The quantitative estimate of drug-likeness (QED) is 0.897. The molecule has 25 heavy (non-hydrogen) atoms. The molecule has 2 aromatic heterocycles. The Morgan fingerprint density at radius 2 is 2.16 bits per heavy atom. The van der Waals surface area contributed by atoms with Crippen LogP contribution in [0, 0.1) is 6.92 Å². The minimum Gasteiger partial charge on any atom is -0.343 e. The molecule has 0 saturated carbocycles. The van der Waals surface area contributed by atoms with Crippen LogP contribution in [0.4, 0.5) is 0 Å². The monoisotopic (exact) mass is 341 g/mol. The van der Waals surface area contributed by atoms with Crippen molar-refractivity contribution in [3.63, 3.8) is 0 Å². The fourth-order valence-electron chi connectivity index (χ4n) is 3.81. The number of aryl methyl sites for hydroxylation is 1. The third kappa shape index (κ3) is 3.04. The van der Waals surface area contributed by atoms with E-state index < -0.39 is 0 Å². The number of nitrogens with zero attached hydrogens (tertiary/aromatic N) is 4. The highest BCUT2D eigenvalue weighted by molar-refractivity contribution is 5.73. The summed E-state index contributed by atoms with van der Waals surface area (Å²) in [6, 6.07) is 0. The molecule has 0 aromatic carbocycles. The lowest BCUT2D eigenvalue weighted by molar-refractivity contribution is -0.129. The Labute approximate surface area is 146 Å². The second kappa shape index (κ2) is 6.55. The molecule has 2 aliphatic rings. The molecule has 0 atom stereocenters. The van der Waals surface area contributed by atoms with E-state index in [0.29, 0.717) is 11.7 Å². The number of fused-ring (bicyclic) bond motifs is 1. The molecule has 1 fully saturated rings. The fourth-order valence-corrected chi connectivity index (χ4v) is 3.81. The smallest absolute Gasteiger partial charge is 0.230 e. The maximum absolute atomic E-state index is 11.5. The molecular formula is C18H23N5O2. The summed E-state index contributed by atoms with van der Waals surface area (Å²) in [7, 11) is 0. The standard InChI is InChI=1S/C18H23N5O2/c1-11-16(15-3-6-19-9-14(15)10-20-11)17-21-18(25-22-17)13-4-7-23(8-5-13)12(2)24/h10,13,19H,3-9H2,1-2H3. The van der Waals surface area contributed by atoms with Gasteiger partial charge in [-0.3, -0.25) is 9.78 Å². The molecule has 132 valence electrons. The van der Waals surface area contributed by atoms with E-state index in [4.69, 9.17) is 9.51 Å². The molecule has 4 rings (SSSR count). The van der Waals surface area contributed by atoms with Gasteiger partial charge < -0.3 is 14.7 Å². The normalized spacial score (nSPS) is 18.2. The number of carbonyl (C=O) groups excluding carboxylic acids is 1. The van der Waals surface area contributed by atoms with Crippen LogP contribution >= 0.6 is 0 Å². The number of hydrogen-bond donors (Lipinski definition) is 1. The van der Waals surface area contributed by atoms with Crippen molar-refractivity contribution >= 4 is 5.91 Å². The number of amides is 1. The number of nitrogens with one attached hydrogen (secondary N) is 1. The summed E-state index contributed by atoms with van der Waals surface area (Å²) in [6.45, 7) is 6.92. The van der Waals surface area contributed by atoms with Crippen LogP contribution < -0.4 is 5.32 Å². The number of hydrogen-bond acceptors (Lipinski definition) is 6. The van der Waals surface area contributed by atoms with E-state index in [-0.39, 0.29) is 11.8 Å². The molecule has 2 aromatic rings. The molecule has 0 bridgehead atoms. The molecule has 7 heteroatoms. The van der Waals surface area contributed by atoms with Crippen LogP contribution in [0.1, 0.15) is 48.4 Å². The van der Waals surface area contributed by atoms with Gasteiger partial charge in [0.1, 0.15) is 0 Å². The second-order valence-corrected chi connectivity index (χ2v) is 6.89. The third-order valence-electron chi connectivity index (χ3n) is 5.29. The van der Waals surface area contributed by atoms with E-state index in [1.54, 1.807) is 6.92 Å². The van der Waals surface area contributed by atoms with Crippen molar-refractivity contribution in [2.24, 2.45) is 0 Å². The van der Waals surface area contributed by atoms with Gasteiger partial charge in [-0.25, -0.2) is 0 Å². The highest BCUT2D eigenvalue weighted by Crippen LogP contribution is 2.32. The van der Waals surface area contributed by atoms with Crippen molar-refractivity contribution in [1.29, 1.82) is 0 Å². The van der Waals surface area contributed by atoms with Gasteiger partial charge in [-0.1, -0.05) is 5.16 Å². The molecule has 7 nitrogen and oxygen atoms in total. The van der Waals surface area contributed by atoms with Gasteiger partial charge in [-0.05, 0) is 43.9 Å². The zero-order chi connectivity index (χ0) is 17.4. The molecule has 1 saturated heterocycles. The summed E-state index contributed by atoms with van der Waals surface area (Å²) in [5, 5.41) is 7.63. The van der Waals surface area contributed by atoms with Crippen molar-refractivity contribution < 1.29 is 9.32 Å². The minimum absolute atomic E-state index is 0.135. The first-order chi connectivity index (χ1) is 12.1. The maximum atomic E-state index is 11.5. The molecule has 0 aliphatic carbocycles. The lowest BCUT2D eigenvalue weighted by Crippen LogP contribution is -2.36. The average Bonchev–Trinajstić information content (AvgIpc) is 3.11. The molecular weight excluding hydrogens is 318 g/mol. The lowest BCUT2D eigenvalue weighted by Gasteiger charge is -2.29. The molecule has 1 N–H and O–H groups in total. The van der Waals surface area contributed by atoms with E-state index in [2.05, 4.69) is 15.5 Å². The molecule has 0 unspecified atom stereocenters. The van der Waals surface area contributed by atoms with Crippen LogP contribution in [0.3, 0.4) is 0 Å². The van der Waals surface area contributed by atoms with Crippen LogP contribution in [-0.4, -0.2) is 45.6 Å². The number of piperidine rings is 1. The van der Waals surface area contributed by atoms with Gasteiger partial charge in [0.2, 0.25) is 17.6 Å². The number of pyridine rings is 1. The number of aromatic nitrogens is 3. The van der Waals surface area contributed by atoms with Crippen LogP contribution in [0.15, 0.2) is 10.7 Å². The summed E-state index contributed by atoms with van der Waals surface area (Å²) >= 11 is 0. The largest absolute Gasteiger partial charge is 0.343 e. The van der Waals surface area contributed by atoms with Gasteiger partial charge in [0.05, 0.1) is 0 Å². The first-order valence-corrected chi connectivity index (χ1v) is 8.91. The molecule has 1 amide bonds. The topological polar surface area (TPSA) is 84.2 Å². The van der Waals surface area contributed by atoms with Gasteiger partial charge in [0, 0.05) is 49.9 Å². The first-order valence-electron chi connectivity index (χ1n) is 8.91. The molecule has 4 heterocycles. The van der Waals surface area contributed by atoms with E-state index in [0.717, 1.165) is 56.7 Å². The number of likely N-dealkylation sites (tertiary alicyclic amines) is 1. The Morgan fingerprint density at radius 3 is 2.92 bits per heavy atom. The van der Waals surface area contributed by atoms with E-state index in [9.17, 15) is 4.79 Å². The predicted octanol–water partition coefficient (Wildman–Crippen LogP) is 1.81. The van der Waals surface area contributed by atoms with Crippen molar-refractivity contribution in [3.8, 4) is 11.4 Å². The molecule has 0 radical (unpaired) electrons. The predicted molar refractivity (Wildman–Crippen MR) is 91.9 cm³/mol. The number of carbonyl (C=O) groups is 1. The Bertz CT molecular complexity index is 793. The molecule has 2 aliphatic heterocycles. The average molecular weight is 341 g/mol. The van der Waals surface area contributed by atoms with E-state index >= 15 is 0 Å². The Morgan fingerprint density at radius 1 is 1.36 bits per heavy atom. The van der Waals surface area contributed by atoms with Crippen molar-refractivity contribution in [2.75, 3.05) is 19.6 Å². The van der Waals surface area contributed by atoms with Crippen molar-refractivity contribution in [1.82, 2.24) is 25.3 Å². The maximum Gasteiger partial charge on any atom is 0.230 e. The Hall–Kier alpha value is -2.28.